The number of nitrogens with zero attached hydrogens (tertiary/aromatic N) is 3. The Morgan fingerprint density at radius 2 is 1.64 bits per heavy atom. The summed E-state index contributed by atoms with van der Waals surface area (Å²) in [4.78, 5) is 45.6. The molecule has 0 aliphatic rings. The first-order chi connectivity index (χ1) is 18.7. The molecule has 1 aromatic carbocycles. The van der Waals surface area contributed by atoms with Gasteiger partial charge in [-0.2, -0.15) is 0 Å². The number of hydrogen-bond acceptors (Lipinski definition) is 7. The number of benzene rings is 1. The summed E-state index contributed by atoms with van der Waals surface area (Å²) in [5.74, 6) is -0.968. The van der Waals surface area contributed by atoms with Gasteiger partial charge in [0.1, 0.15) is 12.1 Å². The van der Waals surface area contributed by atoms with E-state index < -0.39 is 30.4 Å². The van der Waals surface area contributed by atoms with Crippen LogP contribution in [0.1, 0.15) is 38.8 Å². The molecule has 0 spiro atoms. The number of rotatable bonds is 16. The summed E-state index contributed by atoms with van der Waals surface area (Å²) in [5, 5.41) is 12.4. The summed E-state index contributed by atoms with van der Waals surface area (Å²) in [7, 11) is 0. The normalized spacial score (nSPS) is 12.7. The lowest BCUT2D eigenvalue weighted by molar-refractivity contribution is -0.163. The fraction of sp³-hybridized carbons (Fsp3) is 0.500. The van der Waals surface area contributed by atoms with E-state index >= 15 is 0 Å². The van der Waals surface area contributed by atoms with Gasteiger partial charge in [-0.3, -0.25) is 14.6 Å². The van der Waals surface area contributed by atoms with Crippen molar-refractivity contribution in [2.75, 3.05) is 26.3 Å². The number of carbonyl (C=O) groups excluding carboxylic acids is 2. The standard InChI is InChI=1S/C28H41N5O6/c1-5-38-25(39-6-2)19-33(20(3)4)27(35)24(15-22-13-10-14-30-16-22)31-26(34)23(29)18-32(28(36)37)17-21-11-8-7-9-12-21/h7-14,16,20,23-25H,5-6,15,17-19,29H2,1-4H3,(H,31,34)(H,36,37). The average molecular weight is 544 g/mol. The zero-order chi connectivity index (χ0) is 28.8. The number of nitrogens with one attached hydrogen (secondary N) is 1. The summed E-state index contributed by atoms with van der Waals surface area (Å²) in [5.41, 5.74) is 7.67. The first-order valence-corrected chi connectivity index (χ1v) is 13.2. The smallest absolute Gasteiger partial charge is 0.407 e. The van der Waals surface area contributed by atoms with Crippen LogP contribution >= 0.6 is 0 Å². The minimum Gasteiger partial charge on any atom is -0.465 e. The summed E-state index contributed by atoms with van der Waals surface area (Å²) in [6.07, 6.45) is 1.60. The van der Waals surface area contributed by atoms with Gasteiger partial charge in [0, 0.05) is 51.2 Å². The molecule has 39 heavy (non-hydrogen) atoms. The van der Waals surface area contributed by atoms with Crippen LogP contribution in [0.5, 0.6) is 0 Å². The molecule has 1 heterocycles. The molecule has 3 amide bonds. The molecular weight excluding hydrogens is 502 g/mol. The third-order valence-electron chi connectivity index (χ3n) is 5.98. The van der Waals surface area contributed by atoms with Gasteiger partial charge in [-0.1, -0.05) is 36.4 Å². The summed E-state index contributed by atoms with van der Waals surface area (Å²) < 4.78 is 11.3. The Kier molecular flexibility index (Phi) is 13.3. The Morgan fingerprint density at radius 1 is 1.00 bits per heavy atom. The molecule has 0 bridgehead atoms. The second kappa shape index (κ2) is 16.4. The Hall–Kier alpha value is -3.54. The number of hydrogen-bond donors (Lipinski definition) is 3. The molecular formula is C28H41N5O6. The fourth-order valence-electron chi connectivity index (χ4n) is 4.01. The van der Waals surface area contributed by atoms with E-state index in [2.05, 4.69) is 10.3 Å². The SMILES string of the molecule is CCOC(CN(C(=O)C(Cc1cccnc1)NC(=O)C(N)CN(Cc1ccccc1)C(=O)O)C(C)C)OCC. The molecule has 4 N–H and O–H groups in total. The lowest BCUT2D eigenvalue weighted by Crippen LogP contribution is -2.57. The number of pyridine rings is 1. The van der Waals surface area contributed by atoms with Gasteiger partial charge in [-0.25, -0.2) is 4.79 Å². The number of ether oxygens (including phenoxy) is 2. The highest BCUT2D eigenvalue weighted by atomic mass is 16.7. The van der Waals surface area contributed by atoms with Crippen LogP contribution in [-0.4, -0.2) is 88.5 Å². The molecule has 0 radical (unpaired) electrons. The molecule has 11 heteroatoms. The number of amides is 3. The van der Waals surface area contributed by atoms with Crippen molar-refractivity contribution in [2.24, 2.45) is 5.73 Å². The van der Waals surface area contributed by atoms with Crippen LogP contribution in [-0.2, 0) is 32.0 Å². The molecule has 0 saturated carbocycles. The van der Waals surface area contributed by atoms with Crippen molar-refractivity contribution in [1.29, 1.82) is 0 Å². The highest BCUT2D eigenvalue weighted by Crippen LogP contribution is 2.12. The van der Waals surface area contributed by atoms with Crippen molar-refractivity contribution in [3.63, 3.8) is 0 Å². The third-order valence-corrected chi connectivity index (χ3v) is 5.98. The molecule has 0 saturated heterocycles. The quantitative estimate of drug-likeness (QED) is 0.273. The number of carbonyl (C=O) groups is 3. The van der Waals surface area contributed by atoms with Crippen molar-refractivity contribution in [1.82, 2.24) is 20.1 Å². The van der Waals surface area contributed by atoms with Gasteiger partial charge in [0.25, 0.3) is 0 Å². The van der Waals surface area contributed by atoms with E-state index in [-0.39, 0.29) is 38.0 Å². The Labute approximate surface area is 230 Å². The molecule has 2 unspecified atom stereocenters. The molecule has 2 aromatic rings. The maximum absolute atomic E-state index is 13.8. The predicted octanol–water partition coefficient (Wildman–Crippen LogP) is 2.25. The highest BCUT2D eigenvalue weighted by molar-refractivity contribution is 5.90. The Morgan fingerprint density at radius 3 is 2.18 bits per heavy atom. The van der Waals surface area contributed by atoms with Crippen LogP contribution in [0.25, 0.3) is 0 Å². The first-order valence-electron chi connectivity index (χ1n) is 13.2. The molecule has 2 rings (SSSR count). The Bertz CT molecular complexity index is 1020. The number of aromatic nitrogens is 1. The van der Waals surface area contributed by atoms with Gasteiger partial charge in [0.15, 0.2) is 6.29 Å². The highest BCUT2D eigenvalue weighted by Gasteiger charge is 2.32. The summed E-state index contributed by atoms with van der Waals surface area (Å²) in [6, 6.07) is 10.2. The van der Waals surface area contributed by atoms with Gasteiger partial charge < -0.3 is 35.4 Å². The fourth-order valence-corrected chi connectivity index (χ4v) is 4.01. The van der Waals surface area contributed by atoms with E-state index in [1.54, 1.807) is 47.6 Å². The molecule has 2 atom stereocenters. The number of carboxylic acid groups (broad SMARTS) is 1. The van der Waals surface area contributed by atoms with Crippen molar-refractivity contribution in [2.45, 2.75) is 65.1 Å². The largest absolute Gasteiger partial charge is 0.465 e. The molecule has 214 valence electrons. The first kappa shape index (κ1) is 31.7. The summed E-state index contributed by atoms with van der Waals surface area (Å²) >= 11 is 0. The van der Waals surface area contributed by atoms with E-state index in [9.17, 15) is 19.5 Å². The van der Waals surface area contributed by atoms with E-state index in [0.717, 1.165) is 16.0 Å². The average Bonchev–Trinajstić information content (AvgIpc) is 2.91. The van der Waals surface area contributed by atoms with Crippen LogP contribution in [0.3, 0.4) is 0 Å². The van der Waals surface area contributed by atoms with E-state index in [0.29, 0.717) is 13.2 Å². The molecule has 0 aliphatic heterocycles. The van der Waals surface area contributed by atoms with Crippen LogP contribution in [0.2, 0.25) is 0 Å². The van der Waals surface area contributed by atoms with Crippen molar-refractivity contribution >= 4 is 17.9 Å². The zero-order valence-corrected chi connectivity index (χ0v) is 23.2. The van der Waals surface area contributed by atoms with Gasteiger partial charge >= 0.3 is 6.09 Å². The van der Waals surface area contributed by atoms with E-state index in [1.807, 2.05) is 39.8 Å². The number of nitrogens with two attached hydrogens (primary N) is 1. The molecule has 0 fully saturated rings. The van der Waals surface area contributed by atoms with Gasteiger partial charge in [0.05, 0.1) is 6.54 Å². The topological polar surface area (TPSA) is 147 Å². The van der Waals surface area contributed by atoms with E-state index in [1.165, 1.54) is 0 Å². The summed E-state index contributed by atoms with van der Waals surface area (Å²) in [6.45, 7) is 8.27. The maximum Gasteiger partial charge on any atom is 0.407 e. The van der Waals surface area contributed by atoms with Gasteiger partial charge in [-0.15, -0.1) is 0 Å². The molecule has 1 aromatic heterocycles. The van der Waals surface area contributed by atoms with Crippen LogP contribution in [0, 0.1) is 0 Å². The van der Waals surface area contributed by atoms with Crippen LogP contribution < -0.4 is 11.1 Å². The van der Waals surface area contributed by atoms with Crippen LogP contribution in [0.15, 0.2) is 54.9 Å². The van der Waals surface area contributed by atoms with Gasteiger partial charge in [0.2, 0.25) is 11.8 Å². The third kappa shape index (κ3) is 10.6. The molecule has 0 aliphatic carbocycles. The molecule has 11 nitrogen and oxygen atoms in total. The monoisotopic (exact) mass is 543 g/mol. The minimum absolute atomic E-state index is 0.0760. The van der Waals surface area contributed by atoms with Crippen molar-refractivity contribution in [3.8, 4) is 0 Å². The lowest BCUT2D eigenvalue weighted by Gasteiger charge is -2.34. The maximum atomic E-state index is 13.8. The lowest BCUT2D eigenvalue weighted by atomic mass is 10.0. The zero-order valence-electron chi connectivity index (χ0n) is 23.2. The second-order valence-electron chi connectivity index (χ2n) is 9.31. The van der Waals surface area contributed by atoms with Crippen LogP contribution in [0.4, 0.5) is 4.79 Å². The van der Waals surface area contributed by atoms with Gasteiger partial charge in [-0.05, 0) is 44.9 Å². The van der Waals surface area contributed by atoms with Crippen molar-refractivity contribution in [3.05, 3.63) is 66.0 Å². The second-order valence-corrected chi connectivity index (χ2v) is 9.31. The minimum atomic E-state index is -1.20. The van der Waals surface area contributed by atoms with E-state index in [4.69, 9.17) is 15.2 Å². The Balaban J connectivity index is 2.22. The predicted molar refractivity (Wildman–Crippen MR) is 147 cm³/mol. The van der Waals surface area contributed by atoms with Crippen molar-refractivity contribution < 1.29 is 29.0 Å².